The molecule has 1 aromatic heterocycles. The van der Waals surface area contributed by atoms with Gasteiger partial charge in [0, 0.05) is 9.89 Å². The van der Waals surface area contributed by atoms with Crippen molar-refractivity contribution in [3.8, 4) is 0 Å². The van der Waals surface area contributed by atoms with Gasteiger partial charge in [0.25, 0.3) is 5.91 Å². The van der Waals surface area contributed by atoms with Gasteiger partial charge in [-0.1, -0.05) is 54.9 Å². The summed E-state index contributed by atoms with van der Waals surface area (Å²) >= 11 is 4.81. The van der Waals surface area contributed by atoms with Crippen LogP contribution in [0.15, 0.2) is 34.8 Å². The summed E-state index contributed by atoms with van der Waals surface area (Å²) in [6.07, 6.45) is 0. The molecule has 0 fully saturated rings. The van der Waals surface area contributed by atoms with Crippen LogP contribution in [0.3, 0.4) is 0 Å². The molecule has 2 aromatic rings. The second-order valence-corrected chi connectivity index (χ2v) is 8.95. The Morgan fingerprint density at radius 1 is 1.20 bits per heavy atom. The summed E-state index contributed by atoms with van der Waals surface area (Å²) in [6, 6.07) is 9.53. The maximum Gasteiger partial charge on any atom is 0.262 e. The van der Waals surface area contributed by atoms with Crippen molar-refractivity contribution in [2.45, 2.75) is 40.7 Å². The number of thiophene rings is 1. The van der Waals surface area contributed by atoms with Gasteiger partial charge in [0.15, 0.2) is 0 Å². The van der Waals surface area contributed by atoms with Crippen molar-refractivity contribution in [1.82, 2.24) is 5.32 Å². The average Bonchev–Trinajstić information content (AvgIpc) is 2.87. The minimum absolute atomic E-state index is 0.0673. The van der Waals surface area contributed by atoms with E-state index in [0.29, 0.717) is 9.88 Å². The standard InChI is InChI=1S/C19H23BrN2O2S/c1-11-10-15(22-18(24)19(3,4)5)25-16(11)17(23)21-12(2)13-8-6-7-9-14(13)20/h6-10,12H,1-5H3,(H,21,23)(H,22,24). The molecular weight excluding hydrogens is 400 g/mol. The van der Waals surface area contributed by atoms with Crippen molar-refractivity contribution in [2.24, 2.45) is 5.41 Å². The van der Waals surface area contributed by atoms with Crippen LogP contribution in [0.2, 0.25) is 0 Å². The van der Waals surface area contributed by atoms with E-state index >= 15 is 0 Å². The average molecular weight is 423 g/mol. The molecule has 0 spiro atoms. The quantitative estimate of drug-likeness (QED) is 0.702. The Hall–Kier alpha value is -1.66. The van der Waals surface area contributed by atoms with Crippen molar-refractivity contribution in [2.75, 3.05) is 5.32 Å². The van der Waals surface area contributed by atoms with Crippen LogP contribution in [0.4, 0.5) is 5.00 Å². The van der Waals surface area contributed by atoms with Crippen molar-refractivity contribution in [3.05, 3.63) is 50.8 Å². The number of nitrogens with one attached hydrogen (secondary N) is 2. The van der Waals surface area contributed by atoms with Crippen LogP contribution < -0.4 is 10.6 Å². The number of aryl methyl sites for hydroxylation is 1. The van der Waals surface area contributed by atoms with E-state index in [-0.39, 0.29) is 17.9 Å². The highest BCUT2D eigenvalue weighted by Crippen LogP contribution is 2.29. The lowest BCUT2D eigenvalue weighted by molar-refractivity contribution is -0.123. The third-order valence-corrected chi connectivity index (χ3v) is 5.63. The van der Waals surface area contributed by atoms with Crippen LogP contribution in [0.1, 0.15) is 54.5 Å². The number of anilines is 1. The van der Waals surface area contributed by atoms with Crippen LogP contribution in [0.25, 0.3) is 0 Å². The Morgan fingerprint density at radius 2 is 1.84 bits per heavy atom. The van der Waals surface area contributed by atoms with E-state index in [1.54, 1.807) is 0 Å². The first-order valence-electron chi connectivity index (χ1n) is 8.06. The number of amides is 2. The van der Waals surface area contributed by atoms with Gasteiger partial charge in [0.2, 0.25) is 5.91 Å². The van der Waals surface area contributed by atoms with Gasteiger partial charge < -0.3 is 10.6 Å². The molecule has 1 atom stereocenters. The van der Waals surface area contributed by atoms with Crippen LogP contribution >= 0.6 is 27.3 Å². The van der Waals surface area contributed by atoms with Gasteiger partial charge in [-0.25, -0.2) is 0 Å². The first-order valence-corrected chi connectivity index (χ1v) is 9.67. The fraction of sp³-hybridized carbons (Fsp3) is 0.368. The zero-order valence-electron chi connectivity index (χ0n) is 15.1. The van der Waals surface area contributed by atoms with E-state index < -0.39 is 5.41 Å². The molecular formula is C19H23BrN2O2S. The molecule has 2 amide bonds. The number of carbonyl (C=O) groups excluding carboxylic acids is 2. The molecule has 1 heterocycles. The zero-order chi connectivity index (χ0) is 18.8. The highest BCUT2D eigenvalue weighted by Gasteiger charge is 2.23. The Bertz CT molecular complexity index is 793. The van der Waals surface area contributed by atoms with Gasteiger partial charge in [-0.2, -0.15) is 0 Å². The number of halogens is 1. The minimum atomic E-state index is -0.478. The second kappa shape index (κ2) is 7.70. The van der Waals surface area contributed by atoms with Crippen molar-refractivity contribution >= 4 is 44.1 Å². The normalized spacial score (nSPS) is 12.6. The monoisotopic (exact) mass is 422 g/mol. The summed E-state index contributed by atoms with van der Waals surface area (Å²) in [7, 11) is 0. The number of benzene rings is 1. The van der Waals surface area contributed by atoms with Crippen LogP contribution in [-0.2, 0) is 4.79 Å². The van der Waals surface area contributed by atoms with Gasteiger partial charge in [0.05, 0.1) is 15.9 Å². The smallest absolute Gasteiger partial charge is 0.262 e. The van der Waals surface area contributed by atoms with Crippen molar-refractivity contribution in [3.63, 3.8) is 0 Å². The third kappa shape index (κ3) is 4.92. The Morgan fingerprint density at radius 3 is 2.44 bits per heavy atom. The number of hydrogen-bond donors (Lipinski definition) is 2. The molecule has 134 valence electrons. The lowest BCUT2D eigenvalue weighted by atomic mass is 9.96. The largest absolute Gasteiger partial charge is 0.345 e. The number of hydrogen-bond acceptors (Lipinski definition) is 3. The summed E-state index contributed by atoms with van der Waals surface area (Å²) in [5.41, 5.74) is 1.39. The maximum absolute atomic E-state index is 12.6. The van der Waals surface area contributed by atoms with Gasteiger partial charge in [-0.15, -0.1) is 11.3 Å². The lowest BCUT2D eigenvalue weighted by Gasteiger charge is -2.16. The first-order chi connectivity index (χ1) is 11.6. The van der Waals surface area contributed by atoms with E-state index in [9.17, 15) is 9.59 Å². The Labute approximate surface area is 161 Å². The molecule has 0 aliphatic rings. The summed E-state index contributed by atoms with van der Waals surface area (Å²) in [5.74, 6) is -0.204. The fourth-order valence-corrected chi connectivity index (χ4v) is 3.83. The van der Waals surface area contributed by atoms with Crippen LogP contribution in [0.5, 0.6) is 0 Å². The lowest BCUT2D eigenvalue weighted by Crippen LogP contribution is -2.27. The molecule has 2 N–H and O–H groups in total. The highest BCUT2D eigenvalue weighted by atomic mass is 79.9. The Kier molecular flexibility index (Phi) is 6.06. The topological polar surface area (TPSA) is 58.2 Å². The molecule has 0 saturated carbocycles. The number of rotatable bonds is 4. The minimum Gasteiger partial charge on any atom is -0.345 e. The molecule has 1 unspecified atom stereocenters. The molecule has 6 heteroatoms. The van der Waals surface area contributed by atoms with Crippen LogP contribution in [0, 0.1) is 12.3 Å². The molecule has 1 aromatic carbocycles. The summed E-state index contributed by atoms with van der Waals surface area (Å²) in [6.45, 7) is 9.39. The summed E-state index contributed by atoms with van der Waals surface area (Å²) < 4.78 is 0.962. The first kappa shape index (κ1) is 19.7. The van der Waals surface area contributed by atoms with Crippen LogP contribution in [-0.4, -0.2) is 11.8 Å². The highest BCUT2D eigenvalue weighted by molar-refractivity contribution is 9.10. The molecule has 0 radical (unpaired) electrons. The molecule has 0 aliphatic carbocycles. The summed E-state index contributed by atoms with van der Waals surface area (Å²) in [5, 5.41) is 6.59. The SMILES string of the molecule is Cc1cc(NC(=O)C(C)(C)C)sc1C(=O)NC(C)c1ccccc1Br. The number of carbonyl (C=O) groups is 2. The zero-order valence-corrected chi connectivity index (χ0v) is 17.5. The van der Waals surface area contributed by atoms with Crippen molar-refractivity contribution in [1.29, 1.82) is 0 Å². The molecule has 25 heavy (non-hydrogen) atoms. The molecule has 2 rings (SSSR count). The second-order valence-electron chi connectivity index (χ2n) is 7.04. The third-order valence-electron chi connectivity index (χ3n) is 3.76. The van der Waals surface area contributed by atoms with E-state index in [0.717, 1.165) is 15.6 Å². The van der Waals surface area contributed by atoms with E-state index in [1.165, 1.54) is 11.3 Å². The van der Waals surface area contributed by atoms with Gasteiger partial charge >= 0.3 is 0 Å². The molecule has 4 nitrogen and oxygen atoms in total. The van der Waals surface area contributed by atoms with Crippen molar-refractivity contribution < 1.29 is 9.59 Å². The Balaban J connectivity index is 2.12. The van der Waals surface area contributed by atoms with Gasteiger partial charge in [-0.05, 0) is 37.1 Å². The molecule has 0 bridgehead atoms. The molecule has 0 aliphatic heterocycles. The molecule has 0 saturated heterocycles. The van der Waals surface area contributed by atoms with E-state index in [4.69, 9.17) is 0 Å². The summed E-state index contributed by atoms with van der Waals surface area (Å²) in [4.78, 5) is 25.4. The van der Waals surface area contributed by atoms with Gasteiger partial charge in [-0.3, -0.25) is 9.59 Å². The maximum atomic E-state index is 12.6. The van der Waals surface area contributed by atoms with E-state index in [1.807, 2.05) is 65.0 Å². The van der Waals surface area contributed by atoms with E-state index in [2.05, 4.69) is 26.6 Å². The predicted molar refractivity (Wildman–Crippen MR) is 107 cm³/mol. The predicted octanol–water partition coefficient (Wildman–Crippen LogP) is 5.29. The fourth-order valence-electron chi connectivity index (χ4n) is 2.23. The van der Waals surface area contributed by atoms with Gasteiger partial charge in [0.1, 0.15) is 0 Å².